The van der Waals surface area contributed by atoms with E-state index in [1.165, 1.54) is 0 Å². The second-order valence-electron chi connectivity index (χ2n) is 5.75. The lowest BCUT2D eigenvalue weighted by atomic mass is 9.95. The third-order valence-corrected chi connectivity index (χ3v) is 4.09. The number of halogens is 1. The fourth-order valence-electron chi connectivity index (χ4n) is 2.70. The van der Waals surface area contributed by atoms with Gasteiger partial charge in [0.25, 0.3) is 0 Å². The van der Waals surface area contributed by atoms with Crippen LogP contribution in [0.1, 0.15) is 18.9 Å². The van der Waals surface area contributed by atoms with Crippen molar-refractivity contribution in [3.8, 4) is 5.75 Å². The summed E-state index contributed by atoms with van der Waals surface area (Å²) in [5.41, 5.74) is 6.99. The summed E-state index contributed by atoms with van der Waals surface area (Å²) in [5.74, 6) is 1.29. The van der Waals surface area contributed by atoms with Gasteiger partial charge in [0, 0.05) is 31.2 Å². The zero-order valence-electron chi connectivity index (χ0n) is 13.2. The van der Waals surface area contributed by atoms with Crippen LogP contribution in [0, 0.1) is 5.92 Å². The molecule has 1 saturated heterocycles. The number of carbonyl (C=O) groups is 1. The molecule has 22 heavy (non-hydrogen) atoms. The lowest BCUT2D eigenvalue weighted by molar-refractivity contribution is -0.122. The van der Waals surface area contributed by atoms with E-state index >= 15 is 0 Å². The standard InChI is InChI=1S/C16H25N3O2.ClH/c1-12-10-19(8-7-14(12)17)11-16(20)18-9-13-5-3-4-6-15(13)21-2;/h3-6,12,14H,7-11,17H2,1-2H3,(H,18,20);1H. The fraction of sp³-hybridized carbons (Fsp3) is 0.562. The zero-order valence-corrected chi connectivity index (χ0v) is 14.1. The number of amides is 1. The zero-order chi connectivity index (χ0) is 15.2. The van der Waals surface area contributed by atoms with Crippen LogP contribution in [-0.2, 0) is 11.3 Å². The van der Waals surface area contributed by atoms with Crippen molar-refractivity contribution in [2.75, 3.05) is 26.7 Å². The minimum atomic E-state index is 0. The van der Waals surface area contributed by atoms with Crippen LogP contribution in [0.3, 0.4) is 0 Å². The molecule has 0 bridgehead atoms. The quantitative estimate of drug-likeness (QED) is 0.858. The number of para-hydroxylation sites is 1. The van der Waals surface area contributed by atoms with Gasteiger partial charge in [0.05, 0.1) is 13.7 Å². The lowest BCUT2D eigenvalue weighted by Gasteiger charge is -2.34. The van der Waals surface area contributed by atoms with Crippen LogP contribution >= 0.6 is 12.4 Å². The third kappa shape index (κ3) is 5.16. The second kappa shape index (κ2) is 8.98. The number of hydrogen-bond acceptors (Lipinski definition) is 4. The number of methoxy groups -OCH3 is 1. The summed E-state index contributed by atoms with van der Waals surface area (Å²) in [4.78, 5) is 14.2. The minimum Gasteiger partial charge on any atom is -0.496 e. The Morgan fingerprint density at radius 3 is 2.86 bits per heavy atom. The van der Waals surface area contributed by atoms with Crippen molar-refractivity contribution in [3.05, 3.63) is 29.8 Å². The number of piperidine rings is 1. The number of likely N-dealkylation sites (tertiary alicyclic amines) is 1. The molecule has 2 atom stereocenters. The van der Waals surface area contributed by atoms with Crippen molar-refractivity contribution < 1.29 is 9.53 Å². The van der Waals surface area contributed by atoms with E-state index in [1.54, 1.807) is 7.11 Å². The van der Waals surface area contributed by atoms with Crippen molar-refractivity contribution in [1.82, 2.24) is 10.2 Å². The van der Waals surface area contributed by atoms with Crippen LogP contribution in [0.5, 0.6) is 5.75 Å². The molecule has 1 aliphatic heterocycles. The highest BCUT2D eigenvalue weighted by molar-refractivity contribution is 5.85. The summed E-state index contributed by atoms with van der Waals surface area (Å²) in [6, 6.07) is 7.98. The Morgan fingerprint density at radius 2 is 2.18 bits per heavy atom. The first-order chi connectivity index (χ1) is 10.1. The summed E-state index contributed by atoms with van der Waals surface area (Å²) in [6.07, 6.45) is 0.959. The van der Waals surface area contributed by atoms with Gasteiger partial charge in [-0.15, -0.1) is 12.4 Å². The second-order valence-corrected chi connectivity index (χ2v) is 5.75. The van der Waals surface area contributed by atoms with Crippen LogP contribution in [-0.4, -0.2) is 43.6 Å². The maximum Gasteiger partial charge on any atom is 0.234 e. The Labute approximate surface area is 138 Å². The first kappa shape index (κ1) is 18.7. The molecule has 0 saturated carbocycles. The topological polar surface area (TPSA) is 67.6 Å². The number of rotatable bonds is 5. The molecule has 1 aliphatic rings. The predicted molar refractivity (Wildman–Crippen MR) is 90.3 cm³/mol. The molecule has 0 spiro atoms. The van der Waals surface area contributed by atoms with Crippen LogP contribution < -0.4 is 15.8 Å². The molecular weight excluding hydrogens is 302 g/mol. The highest BCUT2D eigenvalue weighted by Crippen LogP contribution is 2.17. The SMILES string of the molecule is COc1ccccc1CNC(=O)CN1CCC(N)C(C)C1.Cl. The lowest BCUT2D eigenvalue weighted by Crippen LogP contribution is -2.48. The van der Waals surface area contributed by atoms with Crippen LogP contribution in [0.15, 0.2) is 24.3 Å². The first-order valence-corrected chi connectivity index (χ1v) is 7.46. The van der Waals surface area contributed by atoms with Gasteiger partial charge in [0.15, 0.2) is 0 Å². The maximum atomic E-state index is 12.0. The molecule has 2 unspecified atom stereocenters. The summed E-state index contributed by atoms with van der Waals surface area (Å²) >= 11 is 0. The molecule has 124 valence electrons. The van der Waals surface area contributed by atoms with Crippen molar-refractivity contribution in [2.45, 2.75) is 25.9 Å². The number of carbonyl (C=O) groups excluding carboxylic acids is 1. The van der Waals surface area contributed by atoms with Gasteiger partial charge >= 0.3 is 0 Å². The third-order valence-electron chi connectivity index (χ3n) is 4.09. The number of nitrogens with two attached hydrogens (primary N) is 1. The Balaban J connectivity index is 0.00000242. The monoisotopic (exact) mass is 327 g/mol. The fourth-order valence-corrected chi connectivity index (χ4v) is 2.70. The van der Waals surface area contributed by atoms with Gasteiger partial charge in [-0.25, -0.2) is 0 Å². The molecule has 1 fully saturated rings. The highest BCUT2D eigenvalue weighted by Gasteiger charge is 2.24. The number of nitrogens with one attached hydrogen (secondary N) is 1. The molecule has 5 nitrogen and oxygen atoms in total. The minimum absolute atomic E-state index is 0. The van der Waals surface area contributed by atoms with E-state index < -0.39 is 0 Å². The normalized spacial score (nSPS) is 21.8. The molecule has 2 rings (SSSR count). The molecule has 3 N–H and O–H groups in total. The summed E-state index contributed by atoms with van der Waals surface area (Å²) < 4.78 is 5.28. The molecule has 1 aromatic carbocycles. The van der Waals surface area contributed by atoms with Gasteiger partial charge in [-0.3, -0.25) is 9.69 Å². The van der Waals surface area contributed by atoms with Crippen molar-refractivity contribution in [2.24, 2.45) is 11.7 Å². The van der Waals surface area contributed by atoms with E-state index in [4.69, 9.17) is 10.5 Å². The Morgan fingerprint density at radius 1 is 1.45 bits per heavy atom. The van der Waals surface area contributed by atoms with E-state index in [9.17, 15) is 4.79 Å². The van der Waals surface area contributed by atoms with E-state index in [0.29, 0.717) is 19.0 Å². The van der Waals surface area contributed by atoms with Crippen LogP contribution in [0.4, 0.5) is 0 Å². The number of benzene rings is 1. The number of nitrogens with zero attached hydrogens (tertiary/aromatic N) is 1. The smallest absolute Gasteiger partial charge is 0.234 e. The summed E-state index contributed by atoms with van der Waals surface area (Å²) in [5, 5.41) is 2.96. The van der Waals surface area contributed by atoms with Gasteiger partial charge in [-0.2, -0.15) is 0 Å². The van der Waals surface area contributed by atoms with Gasteiger partial charge < -0.3 is 15.8 Å². The average Bonchev–Trinajstić information content (AvgIpc) is 2.49. The van der Waals surface area contributed by atoms with Gasteiger partial charge in [-0.05, 0) is 18.4 Å². The average molecular weight is 328 g/mol. The van der Waals surface area contributed by atoms with Gasteiger partial charge in [-0.1, -0.05) is 25.1 Å². The maximum absolute atomic E-state index is 12.0. The molecule has 0 radical (unpaired) electrons. The largest absolute Gasteiger partial charge is 0.496 e. The molecule has 0 aliphatic carbocycles. The van der Waals surface area contributed by atoms with E-state index in [0.717, 1.165) is 30.8 Å². The molecule has 1 amide bonds. The molecule has 1 aromatic rings. The highest BCUT2D eigenvalue weighted by atomic mass is 35.5. The van der Waals surface area contributed by atoms with Crippen molar-refractivity contribution >= 4 is 18.3 Å². The van der Waals surface area contributed by atoms with E-state index in [1.807, 2.05) is 24.3 Å². The van der Waals surface area contributed by atoms with Crippen molar-refractivity contribution in [3.63, 3.8) is 0 Å². The van der Waals surface area contributed by atoms with Crippen LogP contribution in [0.25, 0.3) is 0 Å². The Kier molecular flexibility index (Phi) is 7.65. The molecule has 0 aromatic heterocycles. The Bertz CT molecular complexity index is 484. The van der Waals surface area contributed by atoms with Crippen LogP contribution in [0.2, 0.25) is 0 Å². The number of hydrogen-bond donors (Lipinski definition) is 2. The van der Waals surface area contributed by atoms with Crippen molar-refractivity contribution in [1.29, 1.82) is 0 Å². The predicted octanol–water partition coefficient (Wildman–Crippen LogP) is 1.40. The number of ether oxygens (including phenoxy) is 1. The summed E-state index contributed by atoms with van der Waals surface area (Å²) in [6.45, 7) is 4.86. The van der Waals surface area contributed by atoms with Gasteiger partial charge in [0.2, 0.25) is 5.91 Å². The summed E-state index contributed by atoms with van der Waals surface area (Å²) in [7, 11) is 1.64. The van der Waals surface area contributed by atoms with E-state index in [2.05, 4.69) is 17.1 Å². The Hall–Kier alpha value is -1.30. The molecule has 6 heteroatoms. The molecular formula is C16H26ClN3O2. The van der Waals surface area contributed by atoms with Gasteiger partial charge in [0.1, 0.15) is 5.75 Å². The first-order valence-electron chi connectivity index (χ1n) is 7.46. The van der Waals surface area contributed by atoms with E-state index in [-0.39, 0.29) is 24.4 Å². The molecule has 1 heterocycles.